The second-order valence-electron chi connectivity index (χ2n) is 4.94. The minimum atomic E-state index is -0.0585. The number of thiophene rings is 1. The van der Waals surface area contributed by atoms with E-state index in [9.17, 15) is 4.79 Å². The van der Waals surface area contributed by atoms with Gasteiger partial charge in [-0.2, -0.15) is 0 Å². The van der Waals surface area contributed by atoms with Crippen LogP contribution in [0, 0.1) is 25.5 Å². The third-order valence-electron chi connectivity index (χ3n) is 3.71. The van der Waals surface area contributed by atoms with Crippen LogP contribution in [0.15, 0.2) is 27.5 Å². The summed E-state index contributed by atoms with van der Waals surface area (Å²) < 4.78 is 2.96. The summed E-state index contributed by atoms with van der Waals surface area (Å²) in [7, 11) is 0. The summed E-state index contributed by atoms with van der Waals surface area (Å²) in [6, 6.07) is 5.77. The SMILES string of the molecule is Cc1sc2[nH]c(=S)n(-c3cccc(Br)c3C)c(=O)c2c1C. The summed E-state index contributed by atoms with van der Waals surface area (Å²) in [5.41, 5.74) is 2.76. The highest BCUT2D eigenvalue weighted by atomic mass is 79.9. The van der Waals surface area contributed by atoms with E-state index in [0.717, 1.165) is 36.4 Å². The monoisotopic (exact) mass is 380 g/mol. The second kappa shape index (κ2) is 5.19. The Labute approximate surface area is 139 Å². The number of benzene rings is 1. The van der Waals surface area contributed by atoms with Crippen molar-refractivity contribution in [1.82, 2.24) is 9.55 Å². The van der Waals surface area contributed by atoms with Crippen LogP contribution < -0.4 is 5.56 Å². The van der Waals surface area contributed by atoms with Gasteiger partial charge in [0.15, 0.2) is 4.77 Å². The molecule has 1 aromatic carbocycles. The fraction of sp³-hybridized carbons (Fsp3) is 0.200. The molecule has 0 saturated carbocycles. The van der Waals surface area contributed by atoms with Gasteiger partial charge in [0.1, 0.15) is 4.83 Å². The smallest absolute Gasteiger partial charge is 0.267 e. The number of hydrogen-bond donors (Lipinski definition) is 1. The van der Waals surface area contributed by atoms with Gasteiger partial charge in [-0.1, -0.05) is 22.0 Å². The molecule has 0 bridgehead atoms. The molecule has 3 rings (SSSR count). The maximum Gasteiger partial charge on any atom is 0.267 e. The molecule has 0 amide bonds. The van der Waals surface area contributed by atoms with E-state index < -0.39 is 0 Å². The Hall–Kier alpha value is -1.24. The number of H-pyrrole nitrogens is 1. The predicted octanol–water partition coefficient (Wildman–Crippen LogP) is 4.80. The fourth-order valence-electron chi connectivity index (χ4n) is 2.39. The molecule has 3 nitrogen and oxygen atoms in total. The molecule has 0 atom stereocenters. The first-order chi connectivity index (χ1) is 9.91. The molecule has 108 valence electrons. The lowest BCUT2D eigenvalue weighted by Gasteiger charge is -2.11. The molecule has 1 N–H and O–H groups in total. The molecule has 0 radical (unpaired) electrons. The van der Waals surface area contributed by atoms with E-state index in [1.54, 1.807) is 15.9 Å². The molecule has 3 aromatic rings. The molecule has 0 aliphatic rings. The van der Waals surface area contributed by atoms with Gasteiger partial charge in [-0.05, 0) is 56.2 Å². The van der Waals surface area contributed by atoms with Crippen LogP contribution >= 0.6 is 39.5 Å². The first-order valence-electron chi connectivity index (χ1n) is 6.42. The van der Waals surface area contributed by atoms with Crippen LogP contribution in [0.4, 0.5) is 0 Å². The number of nitrogens with zero attached hydrogens (tertiary/aromatic N) is 1. The first-order valence-corrected chi connectivity index (χ1v) is 8.44. The molecule has 0 fully saturated rings. The van der Waals surface area contributed by atoms with Crippen molar-refractivity contribution in [2.24, 2.45) is 0 Å². The van der Waals surface area contributed by atoms with Crippen molar-refractivity contribution in [2.45, 2.75) is 20.8 Å². The van der Waals surface area contributed by atoms with E-state index in [-0.39, 0.29) is 5.56 Å². The standard InChI is InChI=1S/C15H13BrN2OS2/c1-7-9(3)21-13-12(7)14(19)18(15(20)17-13)11-6-4-5-10(16)8(11)2/h4-6H,1-3H3,(H,17,20). The lowest BCUT2D eigenvalue weighted by molar-refractivity contribution is 0.931. The van der Waals surface area contributed by atoms with Crippen LogP contribution in [-0.4, -0.2) is 9.55 Å². The van der Waals surface area contributed by atoms with E-state index >= 15 is 0 Å². The number of aromatic nitrogens is 2. The summed E-state index contributed by atoms with van der Waals surface area (Å²) in [6.45, 7) is 5.96. The number of aryl methyl sites for hydroxylation is 2. The van der Waals surface area contributed by atoms with Gasteiger partial charge in [0, 0.05) is 9.35 Å². The van der Waals surface area contributed by atoms with Gasteiger partial charge in [-0.3, -0.25) is 9.36 Å². The van der Waals surface area contributed by atoms with Gasteiger partial charge in [0.05, 0.1) is 11.1 Å². The molecule has 0 saturated heterocycles. The van der Waals surface area contributed by atoms with Crippen LogP contribution in [0.3, 0.4) is 0 Å². The van der Waals surface area contributed by atoms with Crippen LogP contribution in [-0.2, 0) is 0 Å². The van der Waals surface area contributed by atoms with E-state index in [1.165, 1.54) is 0 Å². The Morgan fingerprint density at radius 1 is 1.24 bits per heavy atom. The summed E-state index contributed by atoms with van der Waals surface area (Å²) in [5.74, 6) is 0. The lowest BCUT2D eigenvalue weighted by Crippen LogP contribution is -2.21. The summed E-state index contributed by atoms with van der Waals surface area (Å²) >= 11 is 10.5. The Balaban J connectivity index is 2.49. The zero-order chi connectivity index (χ0) is 15.3. The minimum absolute atomic E-state index is 0.0585. The van der Waals surface area contributed by atoms with Crippen molar-refractivity contribution in [2.75, 3.05) is 0 Å². The Kier molecular flexibility index (Phi) is 3.63. The number of halogens is 1. The number of fused-ring (bicyclic) bond motifs is 1. The van der Waals surface area contributed by atoms with Crippen LogP contribution in [0.25, 0.3) is 15.9 Å². The summed E-state index contributed by atoms with van der Waals surface area (Å²) in [4.78, 5) is 18.1. The van der Waals surface area contributed by atoms with E-state index in [1.807, 2.05) is 39.0 Å². The van der Waals surface area contributed by atoms with Crippen molar-refractivity contribution < 1.29 is 0 Å². The highest BCUT2D eigenvalue weighted by Crippen LogP contribution is 2.27. The number of aromatic amines is 1. The molecule has 2 heterocycles. The van der Waals surface area contributed by atoms with Crippen LogP contribution in [0.1, 0.15) is 16.0 Å². The molecule has 21 heavy (non-hydrogen) atoms. The van der Waals surface area contributed by atoms with Crippen molar-refractivity contribution in [3.05, 3.63) is 53.8 Å². The molecule has 0 aliphatic carbocycles. The normalized spacial score (nSPS) is 11.2. The number of nitrogens with one attached hydrogen (secondary N) is 1. The zero-order valence-electron chi connectivity index (χ0n) is 11.8. The second-order valence-corrected chi connectivity index (χ2v) is 7.41. The average Bonchev–Trinajstić information content (AvgIpc) is 2.70. The molecular weight excluding hydrogens is 368 g/mol. The summed E-state index contributed by atoms with van der Waals surface area (Å²) in [6.07, 6.45) is 0. The van der Waals surface area contributed by atoms with E-state index in [2.05, 4.69) is 20.9 Å². The van der Waals surface area contributed by atoms with Gasteiger partial charge >= 0.3 is 0 Å². The highest BCUT2D eigenvalue weighted by molar-refractivity contribution is 9.10. The number of hydrogen-bond acceptors (Lipinski definition) is 3. The molecule has 0 aliphatic heterocycles. The largest absolute Gasteiger partial charge is 0.323 e. The van der Waals surface area contributed by atoms with Gasteiger partial charge in [0.25, 0.3) is 5.56 Å². The zero-order valence-corrected chi connectivity index (χ0v) is 15.0. The van der Waals surface area contributed by atoms with Crippen molar-refractivity contribution >= 4 is 49.7 Å². The van der Waals surface area contributed by atoms with Gasteiger partial charge in [-0.25, -0.2) is 0 Å². The average molecular weight is 381 g/mol. The van der Waals surface area contributed by atoms with Crippen molar-refractivity contribution in [3.63, 3.8) is 0 Å². The van der Waals surface area contributed by atoms with Crippen LogP contribution in [0.5, 0.6) is 0 Å². The van der Waals surface area contributed by atoms with Gasteiger partial charge in [0.2, 0.25) is 0 Å². The molecule has 0 spiro atoms. The Bertz CT molecular complexity index is 982. The van der Waals surface area contributed by atoms with Crippen molar-refractivity contribution in [1.29, 1.82) is 0 Å². The lowest BCUT2D eigenvalue weighted by atomic mass is 10.2. The minimum Gasteiger partial charge on any atom is -0.323 e. The first kappa shape index (κ1) is 14.7. The highest BCUT2D eigenvalue weighted by Gasteiger charge is 2.15. The van der Waals surface area contributed by atoms with E-state index in [0.29, 0.717) is 4.77 Å². The maximum absolute atomic E-state index is 12.9. The Morgan fingerprint density at radius 2 is 1.95 bits per heavy atom. The molecular formula is C15H13BrN2OS2. The predicted molar refractivity (Wildman–Crippen MR) is 94.5 cm³/mol. The number of rotatable bonds is 1. The fourth-order valence-corrected chi connectivity index (χ4v) is 4.14. The third kappa shape index (κ3) is 2.22. The molecule has 6 heteroatoms. The van der Waals surface area contributed by atoms with Crippen molar-refractivity contribution in [3.8, 4) is 5.69 Å². The van der Waals surface area contributed by atoms with Crippen LogP contribution in [0.2, 0.25) is 0 Å². The topological polar surface area (TPSA) is 37.8 Å². The van der Waals surface area contributed by atoms with E-state index in [4.69, 9.17) is 12.2 Å². The van der Waals surface area contributed by atoms with Gasteiger partial charge in [-0.15, -0.1) is 11.3 Å². The maximum atomic E-state index is 12.9. The quantitative estimate of drug-likeness (QED) is 0.615. The Morgan fingerprint density at radius 3 is 2.67 bits per heavy atom. The molecule has 0 unspecified atom stereocenters. The van der Waals surface area contributed by atoms with Gasteiger partial charge < -0.3 is 4.98 Å². The molecule has 2 aromatic heterocycles. The third-order valence-corrected chi connectivity index (χ3v) is 5.97. The summed E-state index contributed by atoms with van der Waals surface area (Å²) in [5, 5.41) is 0.727.